The van der Waals surface area contributed by atoms with Crippen LogP contribution >= 0.6 is 0 Å². The molecule has 0 saturated heterocycles. The first-order valence-corrected chi connectivity index (χ1v) is 4.17. The zero-order valence-electron chi connectivity index (χ0n) is 7.70. The fraction of sp³-hybridized carbons (Fsp3) is 0.200. The Morgan fingerprint density at radius 1 is 1.08 bits per heavy atom. The van der Waals surface area contributed by atoms with Crippen LogP contribution in [0.15, 0.2) is 18.2 Å². The van der Waals surface area contributed by atoms with Gasteiger partial charge < -0.3 is 5.73 Å². The third-order valence-corrected chi connectivity index (χ3v) is 1.95. The largest absolute Gasteiger partial charge is 0.397 e. The summed E-state index contributed by atoms with van der Waals surface area (Å²) >= 11 is 0. The maximum atomic E-state index is 5.82. The van der Waals surface area contributed by atoms with Crippen LogP contribution in [0.25, 0.3) is 11.0 Å². The van der Waals surface area contributed by atoms with Crippen molar-refractivity contribution in [3.63, 3.8) is 0 Å². The third-order valence-electron chi connectivity index (χ3n) is 1.95. The van der Waals surface area contributed by atoms with Gasteiger partial charge in [-0.25, -0.2) is 4.98 Å². The summed E-state index contributed by atoms with van der Waals surface area (Å²) in [6, 6.07) is 5.73. The van der Waals surface area contributed by atoms with Crippen LogP contribution in [0, 0.1) is 13.8 Å². The summed E-state index contributed by atoms with van der Waals surface area (Å²) in [4.78, 5) is 8.66. The molecule has 2 aromatic heterocycles. The number of fused-ring (bicyclic) bond motifs is 1. The minimum absolute atomic E-state index is 0.700. The molecule has 0 amide bonds. The van der Waals surface area contributed by atoms with Crippen molar-refractivity contribution in [2.45, 2.75) is 13.8 Å². The van der Waals surface area contributed by atoms with Crippen molar-refractivity contribution in [1.82, 2.24) is 9.97 Å². The number of anilines is 1. The van der Waals surface area contributed by atoms with E-state index < -0.39 is 0 Å². The van der Waals surface area contributed by atoms with Crippen molar-refractivity contribution >= 4 is 16.7 Å². The lowest BCUT2D eigenvalue weighted by atomic mass is 10.2. The van der Waals surface area contributed by atoms with Crippen LogP contribution in [0.4, 0.5) is 5.69 Å². The molecule has 13 heavy (non-hydrogen) atoms. The van der Waals surface area contributed by atoms with Crippen molar-refractivity contribution in [1.29, 1.82) is 0 Å². The molecule has 0 aliphatic heterocycles. The van der Waals surface area contributed by atoms with Gasteiger partial charge in [0.1, 0.15) is 5.52 Å². The minimum atomic E-state index is 0.700. The van der Waals surface area contributed by atoms with E-state index in [4.69, 9.17) is 5.73 Å². The summed E-state index contributed by atoms with van der Waals surface area (Å²) in [5, 5.41) is 0. The Morgan fingerprint density at radius 3 is 2.62 bits per heavy atom. The first kappa shape index (κ1) is 7.98. The summed E-state index contributed by atoms with van der Waals surface area (Å²) < 4.78 is 0. The van der Waals surface area contributed by atoms with Crippen LogP contribution in [0.5, 0.6) is 0 Å². The van der Waals surface area contributed by atoms with Gasteiger partial charge in [-0.1, -0.05) is 0 Å². The second-order valence-electron chi connectivity index (χ2n) is 3.17. The van der Waals surface area contributed by atoms with E-state index in [1.54, 1.807) is 0 Å². The summed E-state index contributed by atoms with van der Waals surface area (Å²) in [6.07, 6.45) is 0. The Labute approximate surface area is 76.6 Å². The lowest BCUT2D eigenvalue weighted by Crippen LogP contribution is -1.95. The maximum Gasteiger partial charge on any atom is 0.112 e. The average molecular weight is 173 g/mol. The van der Waals surface area contributed by atoms with Crippen LogP contribution in [-0.2, 0) is 0 Å². The van der Waals surface area contributed by atoms with E-state index >= 15 is 0 Å². The van der Waals surface area contributed by atoms with Crippen LogP contribution in [0.3, 0.4) is 0 Å². The normalized spacial score (nSPS) is 10.6. The maximum absolute atomic E-state index is 5.82. The van der Waals surface area contributed by atoms with E-state index in [2.05, 4.69) is 9.97 Å². The first-order valence-electron chi connectivity index (χ1n) is 4.17. The van der Waals surface area contributed by atoms with Crippen LogP contribution in [0.2, 0.25) is 0 Å². The van der Waals surface area contributed by atoms with Crippen molar-refractivity contribution in [2.24, 2.45) is 0 Å². The molecule has 0 aliphatic carbocycles. The van der Waals surface area contributed by atoms with E-state index in [1.165, 1.54) is 0 Å². The molecule has 0 bridgehead atoms. The van der Waals surface area contributed by atoms with E-state index in [0.717, 1.165) is 22.4 Å². The van der Waals surface area contributed by atoms with Gasteiger partial charge in [0, 0.05) is 11.4 Å². The molecule has 2 heterocycles. The molecule has 2 N–H and O–H groups in total. The molecule has 3 nitrogen and oxygen atoms in total. The second-order valence-corrected chi connectivity index (χ2v) is 3.17. The summed E-state index contributed by atoms with van der Waals surface area (Å²) in [5.74, 6) is 0. The van der Waals surface area contributed by atoms with Gasteiger partial charge in [0.25, 0.3) is 0 Å². The SMILES string of the molecule is Cc1cc(N)c2nc(C)ccc2n1. The van der Waals surface area contributed by atoms with E-state index in [9.17, 15) is 0 Å². The monoisotopic (exact) mass is 173 g/mol. The van der Waals surface area contributed by atoms with E-state index in [-0.39, 0.29) is 0 Å². The van der Waals surface area contributed by atoms with Crippen LogP contribution < -0.4 is 5.73 Å². The molecule has 0 fully saturated rings. The van der Waals surface area contributed by atoms with Crippen LogP contribution in [-0.4, -0.2) is 9.97 Å². The summed E-state index contributed by atoms with van der Waals surface area (Å²) in [7, 11) is 0. The molecular formula is C10H11N3. The number of pyridine rings is 2. The van der Waals surface area contributed by atoms with Crippen molar-refractivity contribution < 1.29 is 0 Å². The molecule has 2 aromatic rings. The van der Waals surface area contributed by atoms with Crippen molar-refractivity contribution in [3.05, 3.63) is 29.6 Å². The predicted octanol–water partition coefficient (Wildman–Crippen LogP) is 1.83. The van der Waals surface area contributed by atoms with Gasteiger partial charge in [0.15, 0.2) is 0 Å². The van der Waals surface area contributed by atoms with Gasteiger partial charge >= 0.3 is 0 Å². The number of rotatable bonds is 0. The lowest BCUT2D eigenvalue weighted by Gasteiger charge is -2.02. The highest BCUT2D eigenvalue weighted by atomic mass is 14.8. The standard InChI is InChI=1S/C10H11N3/c1-6-3-4-9-10(13-6)8(11)5-7(2)12-9/h3-5H,1-2H3,(H2,11,12). The Balaban J connectivity index is 2.87. The highest BCUT2D eigenvalue weighted by Gasteiger charge is 2.01. The highest BCUT2D eigenvalue weighted by Crippen LogP contribution is 2.18. The zero-order valence-corrected chi connectivity index (χ0v) is 7.70. The Morgan fingerprint density at radius 2 is 1.85 bits per heavy atom. The fourth-order valence-electron chi connectivity index (χ4n) is 1.37. The Bertz CT molecular complexity index is 463. The average Bonchev–Trinajstić information content (AvgIpc) is 2.06. The number of nitrogens with two attached hydrogens (primary N) is 1. The van der Waals surface area contributed by atoms with Crippen molar-refractivity contribution in [3.8, 4) is 0 Å². The lowest BCUT2D eigenvalue weighted by molar-refractivity contribution is 1.20. The number of nitrogen functional groups attached to an aromatic ring is 1. The molecule has 0 saturated carbocycles. The molecule has 0 atom stereocenters. The van der Waals surface area contributed by atoms with Gasteiger partial charge in [-0.15, -0.1) is 0 Å². The quantitative estimate of drug-likeness (QED) is 0.661. The second kappa shape index (κ2) is 2.69. The molecule has 0 radical (unpaired) electrons. The Hall–Kier alpha value is -1.64. The molecule has 3 heteroatoms. The smallest absolute Gasteiger partial charge is 0.112 e. The molecule has 0 unspecified atom stereocenters. The minimum Gasteiger partial charge on any atom is -0.397 e. The fourth-order valence-corrected chi connectivity index (χ4v) is 1.37. The Kier molecular flexibility index (Phi) is 1.65. The number of aryl methyl sites for hydroxylation is 2. The predicted molar refractivity (Wildman–Crippen MR) is 53.4 cm³/mol. The zero-order chi connectivity index (χ0) is 9.42. The van der Waals surface area contributed by atoms with E-state index in [0.29, 0.717) is 5.69 Å². The summed E-state index contributed by atoms with van der Waals surface area (Å²) in [6.45, 7) is 3.87. The molecule has 2 rings (SSSR count). The van der Waals surface area contributed by atoms with Gasteiger partial charge in [-0.2, -0.15) is 0 Å². The highest BCUT2D eigenvalue weighted by molar-refractivity contribution is 5.86. The van der Waals surface area contributed by atoms with Gasteiger partial charge in [0.2, 0.25) is 0 Å². The van der Waals surface area contributed by atoms with Gasteiger partial charge in [0.05, 0.1) is 11.2 Å². The van der Waals surface area contributed by atoms with Gasteiger partial charge in [-0.3, -0.25) is 4.98 Å². The number of aromatic nitrogens is 2. The number of hydrogen-bond donors (Lipinski definition) is 1. The van der Waals surface area contributed by atoms with Crippen molar-refractivity contribution in [2.75, 3.05) is 5.73 Å². The summed E-state index contributed by atoms with van der Waals surface area (Å²) in [5.41, 5.74) is 10.1. The molecule has 0 aromatic carbocycles. The van der Waals surface area contributed by atoms with E-state index in [1.807, 2.05) is 32.0 Å². The topological polar surface area (TPSA) is 51.8 Å². The number of hydrogen-bond acceptors (Lipinski definition) is 3. The number of nitrogens with zero attached hydrogens (tertiary/aromatic N) is 2. The molecule has 0 spiro atoms. The molecule has 0 aliphatic rings. The van der Waals surface area contributed by atoms with Crippen LogP contribution in [0.1, 0.15) is 11.4 Å². The first-order chi connectivity index (χ1) is 6.16. The molecular weight excluding hydrogens is 162 g/mol. The molecule has 66 valence electrons. The van der Waals surface area contributed by atoms with Gasteiger partial charge in [-0.05, 0) is 32.0 Å². The third kappa shape index (κ3) is 1.33.